The molecule has 0 radical (unpaired) electrons. The summed E-state index contributed by atoms with van der Waals surface area (Å²) in [5, 5.41) is 3.03. The van der Waals surface area contributed by atoms with Gasteiger partial charge in [-0.1, -0.05) is 12.1 Å². The van der Waals surface area contributed by atoms with E-state index < -0.39 is 0 Å². The number of hydrogen-bond acceptors (Lipinski definition) is 4. The van der Waals surface area contributed by atoms with Crippen molar-refractivity contribution in [1.29, 1.82) is 0 Å². The number of carbonyl (C=O) groups excluding carboxylic acids is 1. The highest BCUT2D eigenvalue weighted by Crippen LogP contribution is 2.13. The topological polar surface area (TPSA) is 44.8 Å². The third-order valence-corrected chi connectivity index (χ3v) is 4.42. The lowest BCUT2D eigenvalue weighted by molar-refractivity contribution is -0.121. The van der Waals surface area contributed by atoms with E-state index in [1.54, 1.807) is 0 Å². The second kappa shape index (κ2) is 10.3. The first-order valence-electron chi connectivity index (χ1n) is 8.98. The van der Waals surface area contributed by atoms with Gasteiger partial charge in [-0.25, -0.2) is 0 Å². The van der Waals surface area contributed by atoms with Crippen LogP contribution < -0.4 is 10.2 Å². The lowest BCUT2D eigenvalue weighted by atomic mass is 10.1. The van der Waals surface area contributed by atoms with E-state index in [0.29, 0.717) is 6.42 Å². The van der Waals surface area contributed by atoms with Gasteiger partial charge in [0.1, 0.15) is 0 Å². The molecule has 0 unspecified atom stereocenters. The van der Waals surface area contributed by atoms with Crippen LogP contribution in [0.1, 0.15) is 24.8 Å². The second-order valence-electron chi connectivity index (χ2n) is 6.57. The standard InChI is InChI=1S/C19H31N3O2/c1-21(2)18-8-5-17(6-9-18)7-10-19(23)20-11-3-4-12-22-13-15-24-16-14-22/h5-6,8-9H,3-4,7,10-16H2,1-2H3,(H,20,23). The average Bonchev–Trinajstić information content (AvgIpc) is 2.61. The first-order chi connectivity index (χ1) is 11.6. The molecule has 1 saturated heterocycles. The molecule has 24 heavy (non-hydrogen) atoms. The van der Waals surface area contributed by atoms with Gasteiger partial charge in [0.05, 0.1) is 13.2 Å². The minimum absolute atomic E-state index is 0.151. The van der Waals surface area contributed by atoms with Gasteiger partial charge in [0.15, 0.2) is 0 Å². The number of amides is 1. The predicted molar refractivity (Wildman–Crippen MR) is 98.6 cm³/mol. The zero-order valence-corrected chi connectivity index (χ0v) is 15.1. The van der Waals surface area contributed by atoms with E-state index >= 15 is 0 Å². The highest BCUT2D eigenvalue weighted by atomic mass is 16.5. The third-order valence-electron chi connectivity index (χ3n) is 4.42. The number of nitrogens with one attached hydrogen (secondary N) is 1. The lowest BCUT2D eigenvalue weighted by Crippen LogP contribution is -2.37. The third kappa shape index (κ3) is 6.89. The number of nitrogens with zero attached hydrogens (tertiary/aromatic N) is 2. The Hall–Kier alpha value is -1.59. The number of anilines is 1. The molecule has 2 rings (SSSR count). The molecule has 0 spiro atoms. The smallest absolute Gasteiger partial charge is 0.220 e. The van der Waals surface area contributed by atoms with Gasteiger partial charge < -0.3 is 15.0 Å². The Morgan fingerprint density at radius 3 is 2.54 bits per heavy atom. The van der Waals surface area contributed by atoms with Crippen molar-refractivity contribution in [3.8, 4) is 0 Å². The number of benzene rings is 1. The van der Waals surface area contributed by atoms with Gasteiger partial charge in [0.2, 0.25) is 5.91 Å². The van der Waals surface area contributed by atoms with Gasteiger partial charge in [-0.15, -0.1) is 0 Å². The SMILES string of the molecule is CN(C)c1ccc(CCC(=O)NCCCCN2CCOCC2)cc1. The fraction of sp³-hybridized carbons (Fsp3) is 0.632. The molecule has 1 aliphatic rings. The Balaban J connectivity index is 1.53. The summed E-state index contributed by atoms with van der Waals surface area (Å²) in [6, 6.07) is 8.40. The van der Waals surface area contributed by atoms with Crippen LogP contribution in [0, 0.1) is 0 Å². The minimum atomic E-state index is 0.151. The van der Waals surface area contributed by atoms with Crippen LogP contribution in [0.3, 0.4) is 0 Å². The maximum absolute atomic E-state index is 11.9. The average molecular weight is 333 g/mol. The normalized spacial score (nSPS) is 15.2. The van der Waals surface area contributed by atoms with Crippen LogP contribution in [0.25, 0.3) is 0 Å². The number of rotatable bonds is 9. The summed E-state index contributed by atoms with van der Waals surface area (Å²) in [5.74, 6) is 0.151. The zero-order chi connectivity index (χ0) is 17.2. The zero-order valence-electron chi connectivity index (χ0n) is 15.1. The van der Waals surface area contributed by atoms with E-state index in [2.05, 4.69) is 39.4 Å². The molecule has 1 aromatic rings. The summed E-state index contributed by atoms with van der Waals surface area (Å²) in [6.07, 6.45) is 3.53. The maximum Gasteiger partial charge on any atom is 0.220 e. The Labute approximate surface area is 146 Å². The summed E-state index contributed by atoms with van der Waals surface area (Å²) in [4.78, 5) is 16.4. The van der Waals surface area contributed by atoms with Gasteiger partial charge in [0.25, 0.3) is 0 Å². The van der Waals surface area contributed by atoms with Gasteiger partial charge >= 0.3 is 0 Å². The minimum Gasteiger partial charge on any atom is -0.379 e. The predicted octanol–water partition coefficient (Wildman–Crippen LogP) is 1.91. The summed E-state index contributed by atoms with van der Waals surface area (Å²) in [6.45, 7) is 5.68. The molecule has 5 nitrogen and oxygen atoms in total. The molecule has 1 N–H and O–H groups in total. The van der Waals surface area contributed by atoms with E-state index in [9.17, 15) is 4.79 Å². The van der Waals surface area contributed by atoms with Crippen LogP contribution in [-0.4, -0.2) is 64.3 Å². The van der Waals surface area contributed by atoms with Crippen LogP contribution in [0.5, 0.6) is 0 Å². The second-order valence-corrected chi connectivity index (χ2v) is 6.57. The number of aryl methyl sites for hydroxylation is 1. The molecule has 1 fully saturated rings. The van der Waals surface area contributed by atoms with E-state index in [0.717, 1.165) is 58.7 Å². The van der Waals surface area contributed by atoms with Crippen LogP contribution in [-0.2, 0) is 16.0 Å². The number of morpholine rings is 1. The van der Waals surface area contributed by atoms with Crippen LogP contribution >= 0.6 is 0 Å². The molecular formula is C19H31N3O2. The summed E-state index contributed by atoms with van der Waals surface area (Å²) in [7, 11) is 4.06. The van der Waals surface area contributed by atoms with Crippen LogP contribution in [0.2, 0.25) is 0 Å². The fourth-order valence-electron chi connectivity index (χ4n) is 2.82. The number of carbonyl (C=O) groups is 1. The number of hydrogen-bond donors (Lipinski definition) is 1. The molecule has 1 aromatic carbocycles. The Morgan fingerprint density at radius 1 is 1.17 bits per heavy atom. The largest absolute Gasteiger partial charge is 0.379 e. The molecule has 1 aliphatic heterocycles. The molecule has 0 aromatic heterocycles. The Kier molecular flexibility index (Phi) is 8.05. The van der Waals surface area contributed by atoms with Gasteiger partial charge in [-0.3, -0.25) is 9.69 Å². The quantitative estimate of drug-likeness (QED) is 0.701. The van der Waals surface area contributed by atoms with Crippen molar-refractivity contribution in [3.63, 3.8) is 0 Å². The van der Waals surface area contributed by atoms with Gasteiger partial charge in [-0.2, -0.15) is 0 Å². The van der Waals surface area contributed by atoms with Crippen LogP contribution in [0.15, 0.2) is 24.3 Å². The lowest BCUT2D eigenvalue weighted by Gasteiger charge is -2.26. The van der Waals surface area contributed by atoms with Crippen molar-refractivity contribution in [2.75, 3.05) is 58.4 Å². The van der Waals surface area contributed by atoms with E-state index in [1.807, 2.05) is 14.1 Å². The Bertz CT molecular complexity index is 482. The fourth-order valence-corrected chi connectivity index (χ4v) is 2.82. The highest BCUT2D eigenvalue weighted by molar-refractivity contribution is 5.76. The summed E-state index contributed by atoms with van der Waals surface area (Å²) in [5.41, 5.74) is 2.39. The van der Waals surface area contributed by atoms with Crippen molar-refractivity contribution in [2.45, 2.75) is 25.7 Å². The molecule has 5 heteroatoms. The molecule has 0 saturated carbocycles. The van der Waals surface area contributed by atoms with Crippen LogP contribution in [0.4, 0.5) is 5.69 Å². The molecule has 1 heterocycles. The molecule has 134 valence electrons. The molecule has 0 bridgehead atoms. The van der Waals surface area contributed by atoms with Crippen molar-refractivity contribution >= 4 is 11.6 Å². The number of unbranched alkanes of at least 4 members (excludes halogenated alkanes) is 1. The van der Waals surface area contributed by atoms with Gasteiger partial charge in [-0.05, 0) is 43.5 Å². The Morgan fingerprint density at radius 2 is 1.88 bits per heavy atom. The van der Waals surface area contributed by atoms with Gasteiger partial charge in [0, 0.05) is 45.8 Å². The highest BCUT2D eigenvalue weighted by Gasteiger charge is 2.09. The van der Waals surface area contributed by atoms with Crippen molar-refractivity contribution in [3.05, 3.63) is 29.8 Å². The molecule has 0 atom stereocenters. The van der Waals surface area contributed by atoms with Crippen molar-refractivity contribution in [1.82, 2.24) is 10.2 Å². The first kappa shape index (κ1) is 18.7. The first-order valence-corrected chi connectivity index (χ1v) is 8.98. The monoisotopic (exact) mass is 333 g/mol. The molecular weight excluding hydrogens is 302 g/mol. The van der Waals surface area contributed by atoms with E-state index in [-0.39, 0.29) is 5.91 Å². The number of ether oxygens (including phenoxy) is 1. The van der Waals surface area contributed by atoms with Crippen molar-refractivity contribution in [2.24, 2.45) is 0 Å². The van der Waals surface area contributed by atoms with Crippen molar-refractivity contribution < 1.29 is 9.53 Å². The summed E-state index contributed by atoms with van der Waals surface area (Å²) < 4.78 is 5.34. The molecule has 1 amide bonds. The van der Waals surface area contributed by atoms with E-state index in [1.165, 1.54) is 11.3 Å². The molecule has 0 aliphatic carbocycles. The maximum atomic E-state index is 11.9. The van der Waals surface area contributed by atoms with E-state index in [4.69, 9.17) is 4.74 Å². The summed E-state index contributed by atoms with van der Waals surface area (Å²) >= 11 is 0.